The van der Waals surface area contributed by atoms with Crippen LogP contribution in [-0.4, -0.2) is 35.2 Å². The molecule has 0 aromatic heterocycles. The van der Waals surface area contributed by atoms with Gasteiger partial charge in [-0.2, -0.15) is 12.6 Å². The molecule has 20 heavy (non-hydrogen) atoms. The fourth-order valence-corrected chi connectivity index (χ4v) is 2.29. The standard InChI is InChI=1S/C15H15NO3S/c17-14(8-16-13(9-20)15(18)19)12-7-3-5-10-4-1-2-6-11(10)12/h1-7,13,16,20H,8-9H2,(H,18,19). The Morgan fingerprint density at radius 3 is 2.55 bits per heavy atom. The van der Waals surface area contributed by atoms with Gasteiger partial charge < -0.3 is 5.11 Å². The second-order valence-corrected chi connectivity index (χ2v) is 4.77. The first-order chi connectivity index (χ1) is 9.63. The van der Waals surface area contributed by atoms with E-state index in [9.17, 15) is 9.59 Å². The monoisotopic (exact) mass is 289 g/mol. The summed E-state index contributed by atoms with van der Waals surface area (Å²) in [5, 5.41) is 13.5. The molecule has 0 aliphatic heterocycles. The van der Waals surface area contributed by atoms with Crippen LogP contribution in [0.4, 0.5) is 0 Å². The third-order valence-corrected chi connectivity index (χ3v) is 3.44. The first-order valence-corrected chi connectivity index (χ1v) is 6.84. The Morgan fingerprint density at radius 1 is 1.15 bits per heavy atom. The van der Waals surface area contributed by atoms with E-state index >= 15 is 0 Å². The lowest BCUT2D eigenvalue weighted by Crippen LogP contribution is -2.41. The van der Waals surface area contributed by atoms with Crippen LogP contribution in [0.5, 0.6) is 0 Å². The number of benzene rings is 2. The molecule has 1 unspecified atom stereocenters. The SMILES string of the molecule is O=C(CNC(CS)C(=O)O)c1cccc2ccccc12. The Labute approximate surface area is 122 Å². The molecule has 104 valence electrons. The molecular formula is C15H15NO3S. The minimum Gasteiger partial charge on any atom is -0.480 e. The highest BCUT2D eigenvalue weighted by atomic mass is 32.1. The molecule has 4 nitrogen and oxygen atoms in total. The van der Waals surface area contributed by atoms with Gasteiger partial charge in [-0.25, -0.2) is 0 Å². The largest absolute Gasteiger partial charge is 0.480 e. The average Bonchev–Trinajstić information content (AvgIpc) is 2.46. The van der Waals surface area contributed by atoms with Crippen molar-refractivity contribution in [1.29, 1.82) is 0 Å². The number of nitrogens with one attached hydrogen (secondary N) is 1. The summed E-state index contributed by atoms with van der Waals surface area (Å²) in [5.41, 5.74) is 0.596. The average molecular weight is 289 g/mol. The highest BCUT2D eigenvalue weighted by molar-refractivity contribution is 7.80. The summed E-state index contributed by atoms with van der Waals surface area (Å²) >= 11 is 3.95. The van der Waals surface area contributed by atoms with E-state index in [-0.39, 0.29) is 18.1 Å². The fraction of sp³-hybridized carbons (Fsp3) is 0.200. The molecule has 0 radical (unpaired) electrons. The normalized spacial score (nSPS) is 12.2. The molecule has 0 spiro atoms. The number of carboxylic acid groups (broad SMARTS) is 1. The zero-order valence-electron chi connectivity index (χ0n) is 10.7. The summed E-state index contributed by atoms with van der Waals surface area (Å²) in [4.78, 5) is 23.1. The molecule has 2 aromatic rings. The lowest BCUT2D eigenvalue weighted by atomic mass is 10.0. The molecule has 2 rings (SSSR count). The van der Waals surface area contributed by atoms with Gasteiger partial charge in [0.2, 0.25) is 0 Å². The first-order valence-electron chi connectivity index (χ1n) is 6.21. The smallest absolute Gasteiger partial charge is 0.321 e. The summed E-state index contributed by atoms with van der Waals surface area (Å²) < 4.78 is 0. The Hall–Kier alpha value is -1.85. The number of carbonyl (C=O) groups is 2. The Bertz CT molecular complexity index is 637. The minimum absolute atomic E-state index is 0.0223. The highest BCUT2D eigenvalue weighted by Crippen LogP contribution is 2.18. The van der Waals surface area contributed by atoms with Crippen LogP contribution in [0, 0.1) is 0 Å². The number of thiol groups is 1. The van der Waals surface area contributed by atoms with Crippen LogP contribution in [0.15, 0.2) is 42.5 Å². The molecule has 0 saturated heterocycles. The molecule has 0 aliphatic carbocycles. The number of fused-ring (bicyclic) bond motifs is 1. The highest BCUT2D eigenvalue weighted by Gasteiger charge is 2.17. The summed E-state index contributed by atoms with van der Waals surface area (Å²) in [6.07, 6.45) is 0. The zero-order chi connectivity index (χ0) is 14.5. The number of aliphatic carboxylic acids is 1. The molecule has 1 atom stereocenters. The van der Waals surface area contributed by atoms with Gasteiger partial charge in [0, 0.05) is 11.3 Å². The molecular weight excluding hydrogens is 274 g/mol. The molecule has 0 amide bonds. The number of ketones is 1. The number of carboxylic acids is 1. The fourth-order valence-electron chi connectivity index (χ4n) is 2.01. The molecule has 0 bridgehead atoms. The van der Waals surface area contributed by atoms with Crippen molar-refractivity contribution in [2.75, 3.05) is 12.3 Å². The van der Waals surface area contributed by atoms with E-state index in [1.165, 1.54) is 0 Å². The minimum atomic E-state index is -1.01. The number of hydrogen-bond acceptors (Lipinski definition) is 4. The summed E-state index contributed by atoms with van der Waals surface area (Å²) in [6.45, 7) is -0.0223. The van der Waals surface area contributed by atoms with Crippen LogP contribution in [-0.2, 0) is 4.79 Å². The van der Waals surface area contributed by atoms with E-state index in [1.54, 1.807) is 6.07 Å². The van der Waals surface area contributed by atoms with Crippen molar-refractivity contribution < 1.29 is 14.7 Å². The van der Waals surface area contributed by atoms with Gasteiger partial charge in [0.25, 0.3) is 0 Å². The lowest BCUT2D eigenvalue weighted by molar-refractivity contribution is -0.138. The third-order valence-electron chi connectivity index (χ3n) is 3.08. The van der Waals surface area contributed by atoms with Crippen molar-refractivity contribution in [3.8, 4) is 0 Å². The molecule has 0 fully saturated rings. The number of hydrogen-bond donors (Lipinski definition) is 3. The van der Waals surface area contributed by atoms with Crippen LogP contribution in [0.2, 0.25) is 0 Å². The van der Waals surface area contributed by atoms with Crippen molar-refractivity contribution >= 4 is 35.2 Å². The molecule has 2 N–H and O–H groups in total. The van der Waals surface area contributed by atoms with E-state index in [1.807, 2.05) is 36.4 Å². The van der Waals surface area contributed by atoms with Gasteiger partial charge in [-0.3, -0.25) is 14.9 Å². The number of Topliss-reactive ketones (excluding diaryl/α,β-unsaturated/α-hetero) is 1. The van der Waals surface area contributed by atoms with Gasteiger partial charge in [0.05, 0.1) is 6.54 Å². The lowest BCUT2D eigenvalue weighted by Gasteiger charge is -2.11. The molecule has 0 saturated carbocycles. The molecule has 0 heterocycles. The second kappa shape index (κ2) is 6.54. The van der Waals surface area contributed by atoms with Crippen LogP contribution in [0.25, 0.3) is 10.8 Å². The predicted molar refractivity (Wildman–Crippen MR) is 81.6 cm³/mol. The van der Waals surface area contributed by atoms with E-state index in [4.69, 9.17) is 5.11 Å². The Kier molecular flexibility index (Phi) is 4.76. The van der Waals surface area contributed by atoms with E-state index in [2.05, 4.69) is 17.9 Å². The van der Waals surface area contributed by atoms with Crippen molar-refractivity contribution in [3.63, 3.8) is 0 Å². The van der Waals surface area contributed by atoms with Crippen LogP contribution in [0.3, 0.4) is 0 Å². The van der Waals surface area contributed by atoms with Crippen LogP contribution in [0.1, 0.15) is 10.4 Å². The van der Waals surface area contributed by atoms with Gasteiger partial charge in [0.15, 0.2) is 5.78 Å². The van der Waals surface area contributed by atoms with Gasteiger partial charge in [0.1, 0.15) is 6.04 Å². The predicted octanol–water partition coefficient (Wildman–Crippen LogP) is 2.00. The van der Waals surface area contributed by atoms with Gasteiger partial charge >= 0.3 is 5.97 Å². The molecule has 5 heteroatoms. The quantitative estimate of drug-likeness (QED) is 0.562. The summed E-state index contributed by atoms with van der Waals surface area (Å²) in [7, 11) is 0. The topological polar surface area (TPSA) is 66.4 Å². The van der Waals surface area contributed by atoms with Gasteiger partial charge in [-0.15, -0.1) is 0 Å². The molecule has 2 aromatic carbocycles. The zero-order valence-corrected chi connectivity index (χ0v) is 11.6. The maximum atomic E-state index is 12.2. The van der Waals surface area contributed by atoms with E-state index < -0.39 is 12.0 Å². The third kappa shape index (κ3) is 3.18. The summed E-state index contributed by atoms with van der Waals surface area (Å²) in [6, 6.07) is 12.3. The van der Waals surface area contributed by atoms with Crippen LogP contribution < -0.4 is 5.32 Å². The van der Waals surface area contributed by atoms with Crippen molar-refractivity contribution in [2.45, 2.75) is 6.04 Å². The number of carbonyl (C=O) groups excluding carboxylic acids is 1. The maximum Gasteiger partial charge on any atom is 0.321 e. The number of rotatable bonds is 6. The Morgan fingerprint density at radius 2 is 1.85 bits per heavy atom. The Balaban J connectivity index is 2.18. The van der Waals surface area contributed by atoms with Crippen molar-refractivity contribution in [2.24, 2.45) is 0 Å². The summed E-state index contributed by atoms with van der Waals surface area (Å²) in [5.74, 6) is -1.00. The van der Waals surface area contributed by atoms with E-state index in [0.717, 1.165) is 10.8 Å². The van der Waals surface area contributed by atoms with Gasteiger partial charge in [-0.1, -0.05) is 42.5 Å². The van der Waals surface area contributed by atoms with E-state index in [0.29, 0.717) is 5.56 Å². The first kappa shape index (κ1) is 14.6. The maximum absolute atomic E-state index is 12.2. The van der Waals surface area contributed by atoms with Crippen molar-refractivity contribution in [1.82, 2.24) is 5.32 Å². The molecule has 0 aliphatic rings. The van der Waals surface area contributed by atoms with Crippen LogP contribution >= 0.6 is 12.6 Å². The van der Waals surface area contributed by atoms with Crippen molar-refractivity contribution in [3.05, 3.63) is 48.0 Å². The van der Waals surface area contributed by atoms with Gasteiger partial charge in [-0.05, 0) is 10.8 Å². The second-order valence-electron chi connectivity index (χ2n) is 4.40.